The predicted octanol–water partition coefficient (Wildman–Crippen LogP) is 19.5. The number of alkyl halides is 6. The molecule has 70 heavy (non-hydrogen) atoms. The zero-order valence-electron chi connectivity index (χ0n) is 38.4. The van der Waals surface area contributed by atoms with E-state index in [0.29, 0.717) is 17.2 Å². The number of ether oxygens (including phenoxy) is 2. The molecule has 0 spiro atoms. The van der Waals surface area contributed by atoms with E-state index >= 15 is 0 Å². The lowest BCUT2D eigenvalue weighted by molar-refractivity contribution is -0.288. The fraction of sp³-hybridized carbons (Fsp3) is 0.241. The number of nitrogens with zero attached hydrogens (tertiary/aromatic N) is 2. The minimum Gasteiger partial charge on any atom is -0.457 e. The van der Waals surface area contributed by atoms with Gasteiger partial charge in [0.05, 0.1) is 5.69 Å². The molecule has 0 fully saturated rings. The lowest BCUT2D eigenvalue weighted by Gasteiger charge is -2.38. The van der Waals surface area contributed by atoms with Crippen molar-refractivity contribution in [1.29, 1.82) is 0 Å². The second kappa shape index (κ2) is 23.4. The number of aliphatic imine (C=N–C) groups is 2. The Morgan fingerprint density at radius 1 is 0.514 bits per heavy atom. The summed E-state index contributed by atoms with van der Waals surface area (Å²) in [5.74, 6) is 0.897. The van der Waals surface area contributed by atoms with Crippen molar-refractivity contribution in [1.82, 2.24) is 0 Å². The van der Waals surface area contributed by atoms with Crippen LogP contribution in [0, 0.1) is 20.8 Å². The van der Waals surface area contributed by atoms with Gasteiger partial charge < -0.3 is 14.5 Å². The van der Waals surface area contributed by atoms with Gasteiger partial charge in [-0.3, -0.25) is 4.99 Å². The molecule has 4 nitrogen and oxygen atoms in total. The first-order valence-corrected chi connectivity index (χ1v) is 23.6. The molecule has 0 N–H and O–H groups in total. The van der Waals surface area contributed by atoms with Crippen molar-refractivity contribution in [2.75, 3.05) is 7.05 Å². The molecule has 12 heteroatoms. The van der Waals surface area contributed by atoms with Crippen LogP contribution in [0.3, 0.4) is 0 Å². The zero-order chi connectivity index (χ0) is 48.6. The first-order chi connectivity index (χ1) is 32.6. The van der Waals surface area contributed by atoms with Crippen molar-refractivity contribution in [3.8, 4) is 23.0 Å². The Morgan fingerprint density at radius 3 is 1.36 bits per heavy atom. The summed E-state index contributed by atoms with van der Waals surface area (Å²) in [5, 5.41) is 2.88. The fourth-order valence-electron chi connectivity index (χ4n) is 8.64. The van der Waals surface area contributed by atoms with E-state index in [-0.39, 0.29) is 26.4 Å². The summed E-state index contributed by atoms with van der Waals surface area (Å²) in [6.07, 6.45) is -4.40. The molecule has 0 saturated carbocycles. The van der Waals surface area contributed by atoms with Gasteiger partial charge in [-0.15, -0.1) is 22.7 Å². The largest absolute Gasteiger partial charge is 0.457 e. The summed E-state index contributed by atoms with van der Waals surface area (Å²) in [5.41, 5.74) is 1.43. The molecule has 0 unspecified atom stereocenters. The van der Waals surface area contributed by atoms with Gasteiger partial charge in [-0.2, -0.15) is 26.3 Å². The number of thiophene rings is 2. The van der Waals surface area contributed by atoms with E-state index < -0.39 is 28.9 Å². The van der Waals surface area contributed by atoms with Crippen molar-refractivity contribution < 1.29 is 35.8 Å². The quantitative estimate of drug-likeness (QED) is 0.107. The van der Waals surface area contributed by atoms with Crippen molar-refractivity contribution in [2.24, 2.45) is 9.98 Å². The first-order valence-electron chi connectivity index (χ1n) is 22.0. The maximum atomic E-state index is 14.5. The van der Waals surface area contributed by atoms with Crippen LogP contribution in [0.5, 0.6) is 23.0 Å². The predicted molar refractivity (Wildman–Crippen MR) is 285 cm³/mol. The minimum absolute atomic E-state index is 0. The van der Waals surface area contributed by atoms with Crippen LogP contribution in [0.25, 0.3) is 31.3 Å². The SMILES string of the molecule is C.C.CC=NC.CC=Nc1cccc(Oc2ccc(C(c3ccc(Oc4cccc(C)c4)cc3)(C(F)(F)F)C(F)(F)F)cc2)c1.Cc1sc2ccccc2c1C1=C(c2c(C)sc3ccccc23)CCC1. The second-order valence-corrected chi connectivity index (χ2v) is 18.6. The summed E-state index contributed by atoms with van der Waals surface area (Å²) in [4.78, 5) is 10.7. The molecule has 0 bridgehead atoms. The van der Waals surface area contributed by atoms with E-state index in [1.807, 2.05) is 42.6 Å². The maximum Gasteiger partial charge on any atom is 0.411 e. The van der Waals surface area contributed by atoms with Crippen LogP contribution in [-0.2, 0) is 5.41 Å². The highest BCUT2D eigenvalue weighted by Crippen LogP contribution is 2.57. The maximum absolute atomic E-state index is 14.5. The molecule has 0 aliphatic heterocycles. The van der Waals surface area contributed by atoms with Crippen LogP contribution in [0.2, 0.25) is 0 Å². The number of fused-ring (bicyclic) bond motifs is 2. The van der Waals surface area contributed by atoms with Gasteiger partial charge in [-0.25, -0.2) is 0 Å². The van der Waals surface area contributed by atoms with Gasteiger partial charge in [0.25, 0.3) is 0 Å². The van der Waals surface area contributed by atoms with Crippen LogP contribution < -0.4 is 9.47 Å². The summed E-state index contributed by atoms with van der Waals surface area (Å²) in [7, 11) is 1.75. The van der Waals surface area contributed by atoms with Crippen molar-refractivity contribution in [3.63, 3.8) is 0 Å². The number of allylic oxidation sites excluding steroid dienone is 2. The van der Waals surface area contributed by atoms with E-state index in [1.54, 1.807) is 80.0 Å². The third kappa shape index (κ3) is 11.6. The van der Waals surface area contributed by atoms with E-state index in [1.165, 1.54) is 60.3 Å². The first kappa shape index (κ1) is 54.4. The van der Waals surface area contributed by atoms with Crippen LogP contribution in [0.15, 0.2) is 156 Å². The molecule has 0 atom stereocenters. The van der Waals surface area contributed by atoms with Crippen LogP contribution >= 0.6 is 22.7 Å². The smallest absolute Gasteiger partial charge is 0.411 e. The molecule has 0 amide bonds. The average Bonchev–Trinajstić information content (AvgIpc) is 4.00. The number of rotatable bonds is 9. The molecule has 6 aromatic carbocycles. The Morgan fingerprint density at radius 2 is 0.943 bits per heavy atom. The van der Waals surface area contributed by atoms with Crippen molar-refractivity contribution >= 4 is 72.1 Å². The van der Waals surface area contributed by atoms with Crippen molar-refractivity contribution in [2.45, 2.75) is 86.5 Å². The molecule has 1 aliphatic carbocycles. The third-order valence-corrected chi connectivity index (χ3v) is 13.8. The lowest BCUT2D eigenvalue weighted by Crippen LogP contribution is -2.54. The molecule has 1 aliphatic rings. The summed E-state index contributed by atoms with van der Waals surface area (Å²) in [6, 6.07) is 38.7. The van der Waals surface area contributed by atoms with Crippen LogP contribution in [0.1, 0.15) is 85.5 Å². The number of benzene rings is 6. The molecule has 8 aromatic rings. The highest BCUT2D eigenvalue weighted by atomic mass is 32.1. The molecule has 366 valence electrons. The van der Waals surface area contributed by atoms with E-state index in [0.717, 1.165) is 54.1 Å². The Bertz CT molecular complexity index is 2980. The Kier molecular flexibility index (Phi) is 18.2. The zero-order valence-corrected chi connectivity index (χ0v) is 40.1. The highest BCUT2D eigenvalue weighted by molar-refractivity contribution is 7.19. The number of halogens is 6. The average molecular weight is 993 g/mol. The summed E-state index contributed by atoms with van der Waals surface area (Å²) >= 11 is 3.88. The molecule has 0 saturated heterocycles. The normalized spacial score (nSPS) is 12.9. The third-order valence-electron chi connectivity index (χ3n) is 11.6. The lowest BCUT2D eigenvalue weighted by atomic mass is 9.73. The summed E-state index contributed by atoms with van der Waals surface area (Å²) < 4.78 is 101. The molecule has 9 rings (SSSR count). The van der Waals surface area contributed by atoms with Crippen molar-refractivity contribution in [3.05, 3.63) is 183 Å². The fourth-order valence-corrected chi connectivity index (χ4v) is 10.8. The van der Waals surface area contributed by atoms with Crippen LogP contribution in [0.4, 0.5) is 32.0 Å². The Labute approximate surface area is 415 Å². The number of aryl methyl sites for hydroxylation is 3. The van der Waals surface area contributed by atoms with Gasteiger partial charge in [-0.05, 0) is 160 Å². The molecule has 2 aromatic heterocycles. The summed E-state index contributed by atoms with van der Waals surface area (Å²) in [6.45, 7) is 10.0. The van der Waals surface area contributed by atoms with Gasteiger partial charge in [0, 0.05) is 49.3 Å². The standard InChI is InChI=1S/C30H23F6NO2.C23H20S2.C3H7N.2CH4/c1-3-37-23-7-5-9-27(19-23)39-25-16-12-22(13-17-25)28(29(31,32)33,30(34,35)36)21-10-14-24(15-11-21)38-26-8-4-6-20(2)18-26;1-14-22(18-8-3-5-12-20(18)24-14)16-10-7-11-17(16)23-15(2)25-21-13-6-4-9-19(21)23;1-3-4-2;;/h3-19H,1-2H3;3-6,8-9,12-13H,7,10-11H2,1-2H3;3H,1-2H3;2*1H4. The molecule has 0 radical (unpaired) electrons. The van der Waals surface area contributed by atoms with Crippen LogP contribution in [-0.4, -0.2) is 31.8 Å². The van der Waals surface area contributed by atoms with Gasteiger partial charge in [0.2, 0.25) is 5.41 Å². The van der Waals surface area contributed by atoms with Gasteiger partial charge >= 0.3 is 12.4 Å². The number of hydrogen-bond acceptors (Lipinski definition) is 6. The van der Waals surface area contributed by atoms with E-state index in [4.69, 9.17) is 9.47 Å². The second-order valence-electron chi connectivity index (χ2n) is 16.1. The number of hydrogen-bond donors (Lipinski definition) is 0. The minimum atomic E-state index is -5.71. The molecular weight excluding hydrogens is 935 g/mol. The Hall–Kier alpha value is -6.50. The van der Waals surface area contributed by atoms with Gasteiger partial charge in [0.15, 0.2) is 0 Å². The van der Waals surface area contributed by atoms with Gasteiger partial charge in [0.1, 0.15) is 23.0 Å². The highest BCUT2D eigenvalue weighted by Gasteiger charge is 2.72. The Balaban J connectivity index is 0.000000252. The monoisotopic (exact) mass is 992 g/mol. The van der Waals surface area contributed by atoms with E-state index in [2.05, 4.69) is 72.4 Å². The van der Waals surface area contributed by atoms with Gasteiger partial charge in [-0.1, -0.05) is 93.7 Å². The van der Waals surface area contributed by atoms with E-state index in [9.17, 15) is 26.3 Å². The molecule has 2 heterocycles. The molecular formula is C58H58F6N2O2S2. The topological polar surface area (TPSA) is 43.2 Å².